The van der Waals surface area contributed by atoms with Gasteiger partial charge in [-0.25, -0.2) is 8.78 Å². The molecule has 0 bridgehead atoms. The molecule has 1 amide bonds. The first-order chi connectivity index (χ1) is 9.88. The molecule has 0 aliphatic rings. The van der Waals surface area contributed by atoms with Crippen molar-refractivity contribution in [1.82, 2.24) is 0 Å². The summed E-state index contributed by atoms with van der Waals surface area (Å²) in [5.74, 6) is -1.71. The molecule has 2 rings (SSSR count). The van der Waals surface area contributed by atoms with Crippen molar-refractivity contribution in [2.24, 2.45) is 5.73 Å². The molecule has 2 aromatic rings. The summed E-state index contributed by atoms with van der Waals surface area (Å²) in [5, 5.41) is 2.40. The van der Waals surface area contributed by atoms with Crippen molar-refractivity contribution in [3.63, 3.8) is 0 Å². The van der Waals surface area contributed by atoms with Gasteiger partial charge in [0.1, 0.15) is 16.6 Å². The van der Waals surface area contributed by atoms with Crippen LogP contribution in [0.15, 0.2) is 40.9 Å². The fourth-order valence-electron chi connectivity index (χ4n) is 1.63. The fraction of sp³-hybridized carbons (Fsp3) is 0. The third-order valence-corrected chi connectivity index (χ3v) is 3.57. The fourth-order valence-corrected chi connectivity index (χ4v) is 2.29. The number of halogens is 3. The van der Waals surface area contributed by atoms with Gasteiger partial charge in [-0.2, -0.15) is 0 Å². The van der Waals surface area contributed by atoms with Gasteiger partial charge in [0.15, 0.2) is 0 Å². The van der Waals surface area contributed by atoms with E-state index < -0.39 is 17.5 Å². The molecule has 0 saturated heterocycles. The molecule has 0 radical (unpaired) electrons. The van der Waals surface area contributed by atoms with Crippen LogP contribution in [0.3, 0.4) is 0 Å². The minimum atomic E-state index is -0.660. The van der Waals surface area contributed by atoms with E-state index in [1.807, 2.05) is 0 Å². The summed E-state index contributed by atoms with van der Waals surface area (Å²) in [6.07, 6.45) is 0. The average Bonchev–Trinajstić information content (AvgIpc) is 2.40. The van der Waals surface area contributed by atoms with Gasteiger partial charge >= 0.3 is 0 Å². The Morgan fingerprint density at radius 2 is 1.90 bits per heavy atom. The van der Waals surface area contributed by atoms with Gasteiger partial charge in [0, 0.05) is 10.0 Å². The Bertz CT molecular complexity index is 737. The normalized spacial score (nSPS) is 10.2. The van der Waals surface area contributed by atoms with Crippen molar-refractivity contribution < 1.29 is 13.6 Å². The van der Waals surface area contributed by atoms with Gasteiger partial charge in [0.25, 0.3) is 5.91 Å². The first kappa shape index (κ1) is 15.5. The summed E-state index contributed by atoms with van der Waals surface area (Å²) in [5.41, 5.74) is 5.93. The lowest BCUT2D eigenvalue weighted by molar-refractivity contribution is 0.102. The molecule has 0 unspecified atom stereocenters. The molecule has 0 aliphatic carbocycles. The number of hydrogen-bond acceptors (Lipinski definition) is 2. The van der Waals surface area contributed by atoms with Crippen molar-refractivity contribution in [2.75, 3.05) is 5.32 Å². The Morgan fingerprint density at radius 1 is 1.19 bits per heavy atom. The van der Waals surface area contributed by atoms with Gasteiger partial charge in [-0.15, -0.1) is 0 Å². The summed E-state index contributed by atoms with van der Waals surface area (Å²) in [6.45, 7) is 0. The monoisotopic (exact) mass is 370 g/mol. The number of thiocarbonyl (C=S) groups is 1. The third-order valence-electron chi connectivity index (χ3n) is 2.68. The van der Waals surface area contributed by atoms with Crippen LogP contribution in [0.25, 0.3) is 0 Å². The second-order valence-corrected chi connectivity index (χ2v) is 5.43. The van der Waals surface area contributed by atoms with Crippen molar-refractivity contribution in [1.29, 1.82) is 0 Å². The molecule has 0 spiro atoms. The summed E-state index contributed by atoms with van der Waals surface area (Å²) in [7, 11) is 0. The number of anilines is 1. The number of rotatable bonds is 3. The zero-order chi connectivity index (χ0) is 15.6. The second kappa shape index (κ2) is 6.28. The maximum atomic E-state index is 13.8. The molecular weight excluding hydrogens is 362 g/mol. The molecule has 3 N–H and O–H groups in total. The van der Waals surface area contributed by atoms with Crippen molar-refractivity contribution in [3.05, 3.63) is 63.6 Å². The molecule has 7 heteroatoms. The Kier molecular flexibility index (Phi) is 4.64. The Hall–Kier alpha value is -1.86. The first-order valence-electron chi connectivity index (χ1n) is 5.74. The zero-order valence-electron chi connectivity index (χ0n) is 10.5. The van der Waals surface area contributed by atoms with Crippen LogP contribution in [-0.4, -0.2) is 10.9 Å². The molecule has 0 heterocycles. The van der Waals surface area contributed by atoms with Crippen LogP contribution in [0.1, 0.15) is 15.9 Å². The van der Waals surface area contributed by atoms with Gasteiger partial charge in [-0.3, -0.25) is 4.79 Å². The number of nitrogens with one attached hydrogen (secondary N) is 1. The van der Waals surface area contributed by atoms with Gasteiger partial charge in [0.2, 0.25) is 0 Å². The van der Waals surface area contributed by atoms with Crippen LogP contribution in [-0.2, 0) is 0 Å². The molecular formula is C14H9BrF2N2OS. The molecule has 0 aromatic heterocycles. The lowest BCUT2D eigenvalue weighted by Crippen LogP contribution is -2.15. The second-order valence-electron chi connectivity index (χ2n) is 4.14. The van der Waals surface area contributed by atoms with Crippen molar-refractivity contribution in [2.45, 2.75) is 0 Å². The summed E-state index contributed by atoms with van der Waals surface area (Å²) >= 11 is 7.82. The van der Waals surface area contributed by atoms with Gasteiger partial charge in [-0.05, 0) is 52.3 Å². The smallest absolute Gasteiger partial charge is 0.256 e. The molecule has 0 fully saturated rings. The van der Waals surface area contributed by atoms with Crippen LogP contribution < -0.4 is 11.1 Å². The lowest BCUT2D eigenvalue weighted by Gasteiger charge is -2.09. The SMILES string of the molecule is NC(=S)c1ccc(NC(=O)c2ccc(F)cc2Br)c(F)c1. The molecule has 0 atom stereocenters. The largest absolute Gasteiger partial charge is 0.389 e. The zero-order valence-corrected chi connectivity index (χ0v) is 12.9. The summed E-state index contributed by atoms with van der Waals surface area (Å²) in [4.78, 5) is 12.1. The highest BCUT2D eigenvalue weighted by Gasteiger charge is 2.13. The van der Waals surface area contributed by atoms with E-state index in [0.29, 0.717) is 5.56 Å². The Morgan fingerprint density at radius 3 is 2.48 bits per heavy atom. The van der Waals surface area contributed by atoms with Gasteiger partial charge in [-0.1, -0.05) is 12.2 Å². The standard InChI is InChI=1S/C14H9BrF2N2OS/c15-10-6-8(16)2-3-9(10)14(20)19-12-4-1-7(13(18)21)5-11(12)17/h1-6H,(H2,18,21)(H,19,20). The average molecular weight is 371 g/mol. The van der Waals surface area contributed by atoms with E-state index in [4.69, 9.17) is 18.0 Å². The van der Waals surface area contributed by atoms with E-state index in [-0.39, 0.29) is 20.7 Å². The summed E-state index contributed by atoms with van der Waals surface area (Å²) in [6, 6.07) is 7.60. The molecule has 3 nitrogen and oxygen atoms in total. The van der Waals surface area contributed by atoms with Crippen LogP contribution in [0, 0.1) is 11.6 Å². The number of carbonyl (C=O) groups is 1. The molecule has 0 aliphatic heterocycles. The molecule has 21 heavy (non-hydrogen) atoms. The third kappa shape index (κ3) is 3.62. The highest BCUT2D eigenvalue weighted by atomic mass is 79.9. The Balaban J connectivity index is 2.25. The highest BCUT2D eigenvalue weighted by Crippen LogP contribution is 2.21. The summed E-state index contributed by atoms with van der Waals surface area (Å²) < 4.78 is 27.1. The van der Waals surface area contributed by atoms with E-state index in [9.17, 15) is 13.6 Å². The number of hydrogen-bond donors (Lipinski definition) is 2. The molecule has 0 saturated carbocycles. The van der Waals surface area contributed by atoms with Gasteiger partial charge in [0.05, 0.1) is 11.3 Å². The van der Waals surface area contributed by atoms with Crippen LogP contribution in [0.2, 0.25) is 0 Å². The highest BCUT2D eigenvalue weighted by molar-refractivity contribution is 9.10. The van der Waals surface area contributed by atoms with E-state index in [1.165, 1.54) is 18.2 Å². The minimum Gasteiger partial charge on any atom is -0.389 e. The lowest BCUT2D eigenvalue weighted by atomic mass is 10.1. The van der Waals surface area contributed by atoms with E-state index in [2.05, 4.69) is 21.2 Å². The predicted octanol–water partition coefficient (Wildman–Crippen LogP) is 3.61. The first-order valence-corrected chi connectivity index (χ1v) is 6.94. The topological polar surface area (TPSA) is 55.1 Å². The van der Waals surface area contributed by atoms with Crippen molar-refractivity contribution >= 4 is 44.7 Å². The number of carbonyl (C=O) groups excluding carboxylic acids is 1. The number of amides is 1. The predicted molar refractivity (Wildman–Crippen MR) is 84.3 cm³/mol. The van der Waals surface area contributed by atoms with Gasteiger partial charge < -0.3 is 11.1 Å². The molecule has 2 aromatic carbocycles. The maximum Gasteiger partial charge on any atom is 0.256 e. The van der Waals surface area contributed by atoms with Crippen LogP contribution in [0.4, 0.5) is 14.5 Å². The quantitative estimate of drug-likeness (QED) is 0.811. The minimum absolute atomic E-state index is 0.0174. The van der Waals surface area contributed by atoms with Crippen LogP contribution in [0.5, 0.6) is 0 Å². The Labute approximate surface area is 133 Å². The van der Waals surface area contributed by atoms with E-state index >= 15 is 0 Å². The maximum absolute atomic E-state index is 13.8. The van der Waals surface area contributed by atoms with E-state index in [1.54, 1.807) is 0 Å². The molecule has 108 valence electrons. The number of benzene rings is 2. The number of nitrogens with two attached hydrogens (primary N) is 1. The van der Waals surface area contributed by atoms with Crippen molar-refractivity contribution in [3.8, 4) is 0 Å². The van der Waals surface area contributed by atoms with Crippen LogP contribution >= 0.6 is 28.1 Å². The van der Waals surface area contributed by atoms with E-state index in [0.717, 1.165) is 18.2 Å².